The van der Waals surface area contributed by atoms with E-state index in [-0.39, 0.29) is 17.6 Å². The summed E-state index contributed by atoms with van der Waals surface area (Å²) in [6.45, 7) is 3.66. The lowest BCUT2D eigenvalue weighted by molar-refractivity contribution is 0.0937. The Labute approximate surface area is 76.0 Å². The zero-order chi connectivity index (χ0) is 9.84. The standard InChI is InChI=1S/C9H11FN2O/c1-6(2)11-9(13)7-4-3-5-8(10)12-7/h3-6H,1-2H3,(H,11,13). The van der Waals surface area contributed by atoms with E-state index in [4.69, 9.17) is 0 Å². The zero-order valence-electron chi connectivity index (χ0n) is 7.54. The minimum Gasteiger partial charge on any atom is -0.349 e. The molecular weight excluding hydrogens is 171 g/mol. The molecule has 3 nitrogen and oxygen atoms in total. The highest BCUT2D eigenvalue weighted by Crippen LogP contribution is 1.97. The Morgan fingerprint density at radius 3 is 2.77 bits per heavy atom. The largest absolute Gasteiger partial charge is 0.349 e. The van der Waals surface area contributed by atoms with Crippen molar-refractivity contribution in [3.63, 3.8) is 0 Å². The molecule has 0 aliphatic carbocycles. The van der Waals surface area contributed by atoms with Gasteiger partial charge in [0.25, 0.3) is 5.91 Å². The molecule has 0 spiro atoms. The predicted octanol–water partition coefficient (Wildman–Crippen LogP) is 1.36. The van der Waals surface area contributed by atoms with E-state index in [0.29, 0.717) is 0 Å². The molecule has 1 heterocycles. The van der Waals surface area contributed by atoms with Gasteiger partial charge in [0, 0.05) is 6.04 Å². The molecule has 0 aliphatic heterocycles. The van der Waals surface area contributed by atoms with Crippen LogP contribution in [-0.2, 0) is 0 Å². The molecule has 4 heteroatoms. The van der Waals surface area contributed by atoms with E-state index >= 15 is 0 Å². The Morgan fingerprint density at radius 1 is 1.54 bits per heavy atom. The monoisotopic (exact) mass is 182 g/mol. The summed E-state index contributed by atoms with van der Waals surface area (Å²) in [4.78, 5) is 14.7. The number of nitrogens with one attached hydrogen (secondary N) is 1. The number of rotatable bonds is 2. The number of amides is 1. The molecule has 1 N–H and O–H groups in total. The number of halogens is 1. The molecule has 0 aliphatic rings. The average molecular weight is 182 g/mol. The quantitative estimate of drug-likeness (QED) is 0.701. The van der Waals surface area contributed by atoms with Gasteiger partial charge in [-0.25, -0.2) is 4.98 Å². The smallest absolute Gasteiger partial charge is 0.270 e. The van der Waals surface area contributed by atoms with Gasteiger partial charge in [-0.15, -0.1) is 0 Å². The van der Waals surface area contributed by atoms with Crippen molar-refractivity contribution < 1.29 is 9.18 Å². The Kier molecular flexibility index (Phi) is 2.95. The third-order valence-corrected chi connectivity index (χ3v) is 1.37. The highest BCUT2D eigenvalue weighted by atomic mass is 19.1. The summed E-state index contributed by atoms with van der Waals surface area (Å²) >= 11 is 0. The topological polar surface area (TPSA) is 42.0 Å². The van der Waals surface area contributed by atoms with Gasteiger partial charge >= 0.3 is 0 Å². The van der Waals surface area contributed by atoms with Gasteiger partial charge in [0.15, 0.2) is 0 Å². The SMILES string of the molecule is CC(C)NC(=O)c1cccc(F)n1. The molecule has 1 rings (SSSR count). The van der Waals surface area contributed by atoms with Crippen LogP contribution in [-0.4, -0.2) is 16.9 Å². The van der Waals surface area contributed by atoms with E-state index in [2.05, 4.69) is 10.3 Å². The first-order valence-corrected chi connectivity index (χ1v) is 4.03. The molecular formula is C9H11FN2O. The second-order valence-corrected chi connectivity index (χ2v) is 2.97. The van der Waals surface area contributed by atoms with Gasteiger partial charge in [-0.05, 0) is 26.0 Å². The van der Waals surface area contributed by atoms with Crippen molar-refractivity contribution in [3.05, 3.63) is 29.8 Å². The number of nitrogens with zero attached hydrogens (tertiary/aromatic N) is 1. The fraction of sp³-hybridized carbons (Fsp3) is 0.333. The molecule has 13 heavy (non-hydrogen) atoms. The lowest BCUT2D eigenvalue weighted by Gasteiger charge is -2.06. The van der Waals surface area contributed by atoms with Crippen LogP contribution in [0.5, 0.6) is 0 Å². The number of carbonyl (C=O) groups excluding carboxylic acids is 1. The van der Waals surface area contributed by atoms with Crippen LogP contribution in [0.2, 0.25) is 0 Å². The summed E-state index contributed by atoms with van der Waals surface area (Å²) in [6.07, 6.45) is 0. The molecule has 1 aromatic heterocycles. The zero-order valence-corrected chi connectivity index (χ0v) is 7.54. The number of pyridine rings is 1. The van der Waals surface area contributed by atoms with E-state index < -0.39 is 5.95 Å². The Hall–Kier alpha value is -1.45. The third kappa shape index (κ3) is 2.82. The first kappa shape index (κ1) is 9.64. The molecule has 0 radical (unpaired) electrons. The van der Waals surface area contributed by atoms with E-state index in [1.54, 1.807) is 0 Å². The maximum Gasteiger partial charge on any atom is 0.270 e. The molecule has 0 saturated carbocycles. The number of aromatic nitrogens is 1. The van der Waals surface area contributed by atoms with Crippen LogP contribution in [0.3, 0.4) is 0 Å². The Bertz CT molecular complexity index is 312. The van der Waals surface area contributed by atoms with Crippen molar-refractivity contribution in [2.75, 3.05) is 0 Å². The number of hydrogen-bond donors (Lipinski definition) is 1. The van der Waals surface area contributed by atoms with Gasteiger partial charge in [-0.1, -0.05) is 6.07 Å². The van der Waals surface area contributed by atoms with Gasteiger partial charge in [0.1, 0.15) is 5.69 Å². The van der Waals surface area contributed by atoms with E-state index in [1.807, 2.05) is 13.8 Å². The molecule has 1 amide bonds. The summed E-state index contributed by atoms with van der Waals surface area (Å²) in [7, 11) is 0. The normalized spacial score (nSPS) is 10.2. The lowest BCUT2D eigenvalue weighted by Crippen LogP contribution is -2.30. The van der Waals surface area contributed by atoms with Gasteiger partial charge in [-0.3, -0.25) is 4.79 Å². The number of hydrogen-bond acceptors (Lipinski definition) is 2. The van der Waals surface area contributed by atoms with Crippen molar-refractivity contribution >= 4 is 5.91 Å². The molecule has 0 saturated heterocycles. The van der Waals surface area contributed by atoms with Crippen LogP contribution in [0.15, 0.2) is 18.2 Å². The third-order valence-electron chi connectivity index (χ3n) is 1.37. The minimum absolute atomic E-state index is 0.0255. The van der Waals surface area contributed by atoms with Crippen LogP contribution in [0.4, 0.5) is 4.39 Å². The molecule has 0 atom stereocenters. The fourth-order valence-electron chi connectivity index (χ4n) is 0.871. The molecule has 0 unspecified atom stereocenters. The van der Waals surface area contributed by atoms with Crippen LogP contribution in [0.25, 0.3) is 0 Å². The Morgan fingerprint density at radius 2 is 2.23 bits per heavy atom. The summed E-state index contributed by atoms with van der Waals surface area (Å²) in [5.41, 5.74) is 0.105. The highest BCUT2D eigenvalue weighted by Gasteiger charge is 2.08. The van der Waals surface area contributed by atoms with Crippen LogP contribution < -0.4 is 5.32 Å². The van der Waals surface area contributed by atoms with Crippen LogP contribution in [0, 0.1) is 5.95 Å². The maximum absolute atomic E-state index is 12.6. The summed E-state index contributed by atoms with van der Waals surface area (Å²) in [5, 5.41) is 2.62. The minimum atomic E-state index is -0.642. The first-order valence-electron chi connectivity index (χ1n) is 4.03. The van der Waals surface area contributed by atoms with E-state index in [1.165, 1.54) is 18.2 Å². The maximum atomic E-state index is 12.6. The first-order chi connectivity index (χ1) is 6.09. The molecule has 0 bridgehead atoms. The van der Waals surface area contributed by atoms with Gasteiger partial charge in [-0.2, -0.15) is 4.39 Å². The van der Waals surface area contributed by atoms with Gasteiger partial charge < -0.3 is 5.32 Å². The van der Waals surface area contributed by atoms with Gasteiger partial charge in [0.2, 0.25) is 5.95 Å². The van der Waals surface area contributed by atoms with Crippen molar-refractivity contribution in [1.82, 2.24) is 10.3 Å². The van der Waals surface area contributed by atoms with E-state index in [0.717, 1.165) is 0 Å². The average Bonchev–Trinajstić information content (AvgIpc) is 2.03. The van der Waals surface area contributed by atoms with Crippen LogP contribution in [0.1, 0.15) is 24.3 Å². The van der Waals surface area contributed by atoms with Crippen molar-refractivity contribution in [3.8, 4) is 0 Å². The molecule has 0 fully saturated rings. The molecule has 0 aromatic carbocycles. The molecule has 70 valence electrons. The Balaban J connectivity index is 2.77. The van der Waals surface area contributed by atoms with Crippen molar-refractivity contribution in [1.29, 1.82) is 0 Å². The fourth-order valence-corrected chi connectivity index (χ4v) is 0.871. The lowest BCUT2D eigenvalue weighted by atomic mass is 10.3. The van der Waals surface area contributed by atoms with Gasteiger partial charge in [0.05, 0.1) is 0 Å². The van der Waals surface area contributed by atoms with E-state index in [9.17, 15) is 9.18 Å². The van der Waals surface area contributed by atoms with Crippen LogP contribution >= 0.6 is 0 Å². The predicted molar refractivity (Wildman–Crippen MR) is 46.8 cm³/mol. The summed E-state index contributed by atoms with van der Waals surface area (Å²) < 4.78 is 12.6. The second kappa shape index (κ2) is 3.98. The second-order valence-electron chi connectivity index (χ2n) is 2.97. The summed E-state index contributed by atoms with van der Waals surface area (Å²) in [6, 6.07) is 4.16. The van der Waals surface area contributed by atoms with Crippen molar-refractivity contribution in [2.45, 2.75) is 19.9 Å². The molecule has 1 aromatic rings. The van der Waals surface area contributed by atoms with Crippen molar-refractivity contribution in [2.24, 2.45) is 0 Å². The summed E-state index contributed by atoms with van der Waals surface area (Å²) in [5.74, 6) is -0.995. The number of carbonyl (C=O) groups is 1. The highest BCUT2D eigenvalue weighted by molar-refractivity contribution is 5.92.